The lowest BCUT2D eigenvalue weighted by Crippen LogP contribution is -2.49. The van der Waals surface area contributed by atoms with Crippen molar-refractivity contribution in [2.75, 3.05) is 43.4 Å². The Kier molecular flexibility index (Phi) is 7.29. The average molecular weight is 578 g/mol. The molecule has 9 nitrogen and oxygen atoms in total. The van der Waals surface area contributed by atoms with Crippen LogP contribution in [0.1, 0.15) is 30.9 Å². The molecule has 2 heterocycles. The van der Waals surface area contributed by atoms with E-state index in [1.54, 1.807) is 24.3 Å². The first kappa shape index (κ1) is 28.0. The van der Waals surface area contributed by atoms with Crippen LogP contribution in [0, 0.1) is 5.41 Å². The predicted molar refractivity (Wildman–Crippen MR) is 145 cm³/mol. The van der Waals surface area contributed by atoms with Gasteiger partial charge < -0.3 is 15.4 Å². The lowest BCUT2D eigenvalue weighted by molar-refractivity contribution is -0.137. The molecule has 0 amide bonds. The summed E-state index contributed by atoms with van der Waals surface area (Å²) in [4.78, 5) is 15.4. The maximum atomic E-state index is 13.5. The molecule has 1 saturated heterocycles. The van der Waals surface area contributed by atoms with Crippen LogP contribution in [0.4, 0.5) is 24.5 Å². The van der Waals surface area contributed by atoms with Gasteiger partial charge in [-0.2, -0.15) is 27.3 Å². The number of nitrogens with two attached hydrogens (primary N) is 1. The summed E-state index contributed by atoms with van der Waals surface area (Å²) in [6.07, 6.45) is -1.29. The van der Waals surface area contributed by atoms with E-state index < -0.39 is 27.3 Å². The Hall–Kier alpha value is -3.58. The summed E-state index contributed by atoms with van der Waals surface area (Å²) in [5.41, 5.74) is 5.57. The van der Waals surface area contributed by atoms with E-state index in [2.05, 4.69) is 5.10 Å². The molecule has 13 heteroatoms. The minimum absolute atomic E-state index is 0.0151. The fourth-order valence-electron chi connectivity index (χ4n) is 4.52. The minimum Gasteiger partial charge on any atom is -0.486 e. The number of halogens is 3. The van der Waals surface area contributed by atoms with E-state index in [0.717, 1.165) is 29.7 Å². The molecule has 0 unspecified atom stereocenters. The Morgan fingerprint density at radius 1 is 1.05 bits per heavy atom. The molecular formula is C27H30F3N5O4S. The fraction of sp³-hybridized carbons (Fsp3) is 0.407. The molecule has 40 heavy (non-hydrogen) atoms. The molecule has 3 aromatic rings. The van der Waals surface area contributed by atoms with Gasteiger partial charge in [0.05, 0.1) is 29.8 Å². The largest absolute Gasteiger partial charge is 0.486 e. The number of aromatic nitrogens is 2. The number of hydrogen-bond donors (Lipinski definition) is 1. The second kappa shape index (κ2) is 10.4. The van der Waals surface area contributed by atoms with Gasteiger partial charge in [0.1, 0.15) is 5.69 Å². The molecule has 1 aliphatic carbocycles. The van der Waals surface area contributed by atoms with Crippen LogP contribution >= 0.6 is 0 Å². The molecular weight excluding hydrogens is 547 g/mol. The lowest BCUT2D eigenvalue weighted by Gasteiger charge is -2.35. The average Bonchev–Trinajstić information content (AvgIpc) is 3.66. The van der Waals surface area contributed by atoms with Gasteiger partial charge in [-0.15, -0.1) is 0 Å². The number of nitrogens with zero attached hydrogens (tertiary/aromatic N) is 4. The smallest absolute Gasteiger partial charge is 0.416 e. The van der Waals surface area contributed by atoms with Crippen molar-refractivity contribution in [3.8, 4) is 11.4 Å². The summed E-state index contributed by atoms with van der Waals surface area (Å²) in [6.45, 7) is 3.24. The molecule has 2 aliphatic rings. The summed E-state index contributed by atoms with van der Waals surface area (Å²) in [7, 11) is -3.59. The number of benzene rings is 2. The van der Waals surface area contributed by atoms with Crippen LogP contribution < -0.4 is 20.9 Å². The number of ether oxygens (including phenoxy) is 1. The molecule has 2 N–H and O–H groups in total. The lowest BCUT2D eigenvalue weighted by atomic mass is 10.2. The topological polar surface area (TPSA) is 111 Å². The first-order valence-electron chi connectivity index (χ1n) is 12.8. The Morgan fingerprint density at radius 2 is 1.73 bits per heavy atom. The zero-order valence-electron chi connectivity index (χ0n) is 21.9. The van der Waals surface area contributed by atoms with Crippen LogP contribution in [-0.2, 0) is 22.0 Å². The second-order valence-corrected chi connectivity index (χ2v) is 12.6. The van der Waals surface area contributed by atoms with Crippen LogP contribution in [0.15, 0.2) is 59.5 Å². The minimum atomic E-state index is -4.58. The third kappa shape index (κ3) is 6.09. The Bertz CT molecular complexity index is 1550. The summed E-state index contributed by atoms with van der Waals surface area (Å²) >= 11 is 0. The van der Waals surface area contributed by atoms with Gasteiger partial charge in [0.15, 0.2) is 0 Å². The van der Waals surface area contributed by atoms with Crippen molar-refractivity contribution in [3.63, 3.8) is 0 Å². The van der Waals surface area contributed by atoms with Crippen LogP contribution in [0.3, 0.4) is 0 Å². The number of nitrogen functional groups attached to an aromatic ring is 1. The van der Waals surface area contributed by atoms with E-state index in [-0.39, 0.29) is 55.4 Å². The molecule has 2 fully saturated rings. The van der Waals surface area contributed by atoms with Gasteiger partial charge in [0, 0.05) is 37.3 Å². The van der Waals surface area contributed by atoms with E-state index in [9.17, 15) is 26.4 Å². The number of anilines is 2. The number of rotatable bonds is 8. The number of hydrogen-bond acceptors (Lipinski definition) is 7. The van der Waals surface area contributed by atoms with Crippen molar-refractivity contribution >= 4 is 21.4 Å². The molecule has 1 aliphatic heterocycles. The molecule has 2 aromatic carbocycles. The maximum Gasteiger partial charge on any atom is 0.416 e. The number of sulfonamides is 1. The highest BCUT2D eigenvalue weighted by Crippen LogP contribution is 2.45. The second-order valence-electron chi connectivity index (χ2n) is 10.6. The standard InChI is InChI=1S/C27H30F3N5O4S/c1-26(9-10-26)18-39-24-23(16-32-35(25(24)36)22-4-2-3-20(15-22)27(28,29)30)33-11-13-34(14-12-33)40(37,38)17-19-5-7-21(31)8-6-19/h2-8,15-16H,9-14,17-18,31H2,1H3. The van der Waals surface area contributed by atoms with Crippen molar-refractivity contribution < 1.29 is 26.3 Å². The van der Waals surface area contributed by atoms with E-state index in [1.165, 1.54) is 22.6 Å². The SMILES string of the molecule is CC1(COc2c(N3CCN(S(=O)(=O)Cc4ccc(N)cc4)CC3)cnn(-c3cccc(C(F)(F)F)c3)c2=O)CC1. The highest BCUT2D eigenvalue weighted by molar-refractivity contribution is 7.88. The van der Waals surface area contributed by atoms with Crippen molar-refractivity contribution in [1.29, 1.82) is 0 Å². The van der Waals surface area contributed by atoms with Crippen molar-refractivity contribution in [2.45, 2.75) is 31.7 Å². The summed E-state index contributed by atoms with van der Waals surface area (Å²) in [5.74, 6) is -0.173. The molecule has 1 aromatic heterocycles. The molecule has 0 radical (unpaired) electrons. The van der Waals surface area contributed by atoms with Gasteiger partial charge in [-0.05, 0) is 48.7 Å². The summed E-state index contributed by atoms with van der Waals surface area (Å²) < 4.78 is 74.3. The third-order valence-electron chi connectivity index (χ3n) is 7.30. The Labute approximate surface area is 230 Å². The normalized spacial score (nSPS) is 17.6. The van der Waals surface area contributed by atoms with Crippen LogP contribution in [0.2, 0.25) is 0 Å². The van der Waals surface area contributed by atoms with Crippen LogP contribution in [0.25, 0.3) is 5.69 Å². The Morgan fingerprint density at radius 3 is 2.35 bits per heavy atom. The van der Waals surface area contributed by atoms with Crippen LogP contribution in [0.5, 0.6) is 5.75 Å². The van der Waals surface area contributed by atoms with Gasteiger partial charge >= 0.3 is 11.7 Å². The van der Waals surface area contributed by atoms with E-state index in [1.807, 2.05) is 11.8 Å². The quantitative estimate of drug-likeness (QED) is 0.407. The first-order chi connectivity index (χ1) is 18.8. The van der Waals surface area contributed by atoms with Gasteiger partial charge in [-0.25, -0.2) is 8.42 Å². The summed E-state index contributed by atoms with van der Waals surface area (Å²) in [5, 5.41) is 4.17. The maximum absolute atomic E-state index is 13.5. The molecule has 1 saturated carbocycles. The number of piperazine rings is 1. The zero-order valence-corrected chi connectivity index (χ0v) is 22.7. The third-order valence-corrected chi connectivity index (χ3v) is 9.15. The van der Waals surface area contributed by atoms with Gasteiger partial charge in [-0.3, -0.25) is 4.79 Å². The summed E-state index contributed by atoms with van der Waals surface area (Å²) in [6, 6.07) is 11.0. The van der Waals surface area contributed by atoms with Crippen LogP contribution in [-0.4, -0.2) is 55.3 Å². The molecule has 214 valence electrons. The molecule has 0 bridgehead atoms. The van der Waals surface area contributed by atoms with Gasteiger partial charge in [-0.1, -0.05) is 25.1 Å². The molecule has 5 rings (SSSR count). The van der Waals surface area contributed by atoms with Crippen molar-refractivity contribution in [2.24, 2.45) is 5.41 Å². The van der Waals surface area contributed by atoms with Crippen molar-refractivity contribution in [3.05, 3.63) is 76.2 Å². The number of alkyl halides is 3. The van der Waals surface area contributed by atoms with E-state index >= 15 is 0 Å². The van der Waals surface area contributed by atoms with E-state index in [4.69, 9.17) is 10.5 Å². The predicted octanol–water partition coefficient (Wildman–Crippen LogP) is 3.66. The molecule has 0 atom stereocenters. The Balaban J connectivity index is 1.39. The monoisotopic (exact) mass is 577 g/mol. The van der Waals surface area contributed by atoms with Gasteiger partial charge in [0.2, 0.25) is 15.8 Å². The van der Waals surface area contributed by atoms with Crippen molar-refractivity contribution in [1.82, 2.24) is 14.1 Å². The fourth-order valence-corrected chi connectivity index (χ4v) is 6.03. The zero-order chi connectivity index (χ0) is 28.7. The molecule has 0 spiro atoms. The van der Waals surface area contributed by atoms with Gasteiger partial charge in [0.25, 0.3) is 0 Å². The van der Waals surface area contributed by atoms with E-state index in [0.29, 0.717) is 16.9 Å². The highest BCUT2D eigenvalue weighted by Gasteiger charge is 2.39. The first-order valence-corrected chi connectivity index (χ1v) is 14.5. The highest BCUT2D eigenvalue weighted by atomic mass is 32.2.